The van der Waals surface area contributed by atoms with E-state index >= 15 is 0 Å². The van der Waals surface area contributed by atoms with Gasteiger partial charge in [-0.25, -0.2) is 14.8 Å². The number of carboxylic acids is 1. The average molecular weight is 344 g/mol. The maximum atomic E-state index is 12.1. The van der Waals surface area contributed by atoms with Crippen LogP contribution in [-0.2, 0) is 4.79 Å². The second-order valence-electron chi connectivity index (χ2n) is 5.01. The molecule has 0 radical (unpaired) electrons. The lowest BCUT2D eigenvalue weighted by atomic mass is 10.1. The highest BCUT2D eigenvalue weighted by molar-refractivity contribution is 6.40. The van der Waals surface area contributed by atoms with Gasteiger partial charge in [0.25, 0.3) is 0 Å². The molecule has 1 aliphatic heterocycles. The SMILES string of the molecule is CC(c1ccc(OCC(F)(F)F)nc1)N1C=CC(C(=O)O)=NC1N. The molecule has 0 fully saturated rings. The summed E-state index contributed by atoms with van der Waals surface area (Å²) in [6.07, 6.45) is -1.14. The third-order valence-corrected chi connectivity index (χ3v) is 3.27. The minimum absolute atomic E-state index is 0.145. The van der Waals surface area contributed by atoms with Gasteiger partial charge in [0, 0.05) is 18.5 Å². The summed E-state index contributed by atoms with van der Waals surface area (Å²) in [6, 6.07) is 2.56. The third-order valence-electron chi connectivity index (χ3n) is 3.27. The van der Waals surface area contributed by atoms with Gasteiger partial charge in [-0.05, 0) is 18.6 Å². The van der Waals surface area contributed by atoms with Crippen LogP contribution in [0.2, 0.25) is 0 Å². The third kappa shape index (κ3) is 4.44. The summed E-state index contributed by atoms with van der Waals surface area (Å²) in [5.41, 5.74) is 6.33. The Morgan fingerprint density at radius 3 is 2.71 bits per heavy atom. The Hall–Kier alpha value is -2.62. The van der Waals surface area contributed by atoms with Crippen molar-refractivity contribution in [1.82, 2.24) is 9.88 Å². The summed E-state index contributed by atoms with van der Waals surface area (Å²) in [5.74, 6) is -1.32. The molecule has 130 valence electrons. The number of halogens is 3. The molecule has 0 saturated carbocycles. The van der Waals surface area contributed by atoms with E-state index in [0.717, 1.165) is 0 Å². The summed E-state index contributed by atoms with van der Waals surface area (Å²) in [6.45, 7) is 0.361. The Balaban J connectivity index is 2.04. The van der Waals surface area contributed by atoms with Crippen LogP contribution < -0.4 is 10.5 Å². The molecule has 0 aromatic carbocycles. The van der Waals surface area contributed by atoms with Crippen LogP contribution in [0.4, 0.5) is 13.2 Å². The van der Waals surface area contributed by atoms with Crippen LogP contribution in [0.3, 0.4) is 0 Å². The molecule has 2 unspecified atom stereocenters. The van der Waals surface area contributed by atoms with Crippen LogP contribution in [0.5, 0.6) is 5.88 Å². The van der Waals surface area contributed by atoms with Crippen LogP contribution in [0.1, 0.15) is 18.5 Å². The Kier molecular flexibility index (Phi) is 5.07. The first-order valence-electron chi connectivity index (χ1n) is 6.85. The van der Waals surface area contributed by atoms with Crippen LogP contribution in [0.15, 0.2) is 35.6 Å². The van der Waals surface area contributed by atoms with Gasteiger partial charge in [0.15, 0.2) is 12.9 Å². The van der Waals surface area contributed by atoms with E-state index < -0.39 is 25.0 Å². The van der Waals surface area contributed by atoms with E-state index in [9.17, 15) is 18.0 Å². The van der Waals surface area contributed by atoms with Crippen molar-refractivity contribution in [2.24, 2.45) is 10.7 Å². The normalized spacial score (nSPS) is 19.0. The number of pyridine rings is 1. The van der Waals surface area contributed by atoms with Crippen molar-refractivity contribution in [2.45, 2.75) is 25.4 Å². The Labute approximate surface area is 135 Å². The van der Waals surface area contributed by atoms with E-state index in [1.54, 1.807) is 17.9 Å². The van der Waals surface area contributed by atoms with Gasteiger partial charge in [0.2, 0.25) is 5.88 Å². The van der Waals surface area contributed by atoms with Crippen molar-refractivity contribution in [3.63, 3.8) is 0 Å². The monoisotopic (exact) mass is 344 g/mol. The molecule has 7 nitrogen and oxygen atoms in total. The Bertz CT molecular complexity index is 658. The van der Waals surface area contributed by atoms with Gasteiger partial charge >= 0.3 is 12.1 Å². The molecule has 2 rings (SSSR count). The van der Waals surface area contributed by atoms with Crippen molar-refractivity contribution >= 4 is 11.7 Å². The zero-order valence-electron chi connectivity index (χ0n) is 12.6. The molecule has 1 aromatic rings. The number of hydrogen-bond donors (Lipinski definition) is 2. The van der Waals surface area contributed by atoms with Crippen LogP contribution in [0, 0.1) is 0 Å². The average Bonchev–Trinajstić information content (AvgIpc) is 2.52. The summed E-state index contributed by atoms with van der Waals surface area (Å²) in [4.78, 5) is 20.1. The van der Waals surface area contributed by atoms with Crippen LogP contribution in [-0.4, -0.2) is 45.7 Å². The second kappa shape index (κ2) is 6.87. The lowest BCUT2D eigenvalue weighted by Gasteiger charge is -2.33. The van der Waals surface area contributed by atoms with E-state index in [-0.39, 0.29) is 17.6 Å². The summed E-state index contributed by atoms with van der Waals surface area (Å²) < 4.78 is 40.8. The van der Waals surface area contributed by atoms with E-state index in [0.29, 0.717) is 5.56 Å². The van der Waals surface area contributed by atoms with Gasteiger partial charge < -0.3 is 14.7 Å². The lowest BCUT2D eigenvalue weighted by molar-refractivity contribution is -0.154. The topological polar surface area (TPSA) is 101 Å². The van der Waals surface area contributed by atoms with Crippen LogP contribution >= 0.6 is 0 Å². The fraction of sp³-hybridized carbons (Fsp3) is 0.357. The predicted molar refractivity (Wildman–Crippen MR) is 78.2 cm³/mol. The number of alkyl halides is 3. The Morgan fingerprint density at radius 1 is 1.50 bits per heavy atom. The van der Waals surface area contributed by atoms with E-state index in [1.807, 2.05) is 0 Å². The number of ether oxygens (including phenoxy) is 1. The molecule has 0 aliphatic carbocycles. The summed E-state index contributed by atoms with van der Waals surface area (Å²) >= 11 is 0. The molecule has 0 saturated heterocycles. The highest BCUT2D eigenvalue weighted by Gasteiger charge is 2.29. The summed E-state index contributed by atoms with van der Waals surface area (Å²) in [7, 11) is 0. The first-order chi connectivity index (χ1) is 11.2. The molecule has 3 N–H and O–H groups in total. The smallest absolute Gasteiger partial charge is 0.422 e. The molecule has 2 heterocycles. The minimum Gasteiger partial charge on any atom is -0.477 e. The highest BCUT2D eigenvalue weighted by Crippen LogP contribution is 2.25. The fourth-order valence-electron chi connectivity index (χ4n) is 2.03. The second-order valence-corrected chi connectivity index (χ2v) is 5.01. The standard InChI is InChI=1S/C14H15F3N4O3/c1-8(21-5-4-10(12(22)23)20-13(21)18)9-2-3-11(19-6-9)24-7-14(15,16)17/h2-6,8,13H,7,18H2,1H3,(H,22,23). The van der Waals surface area contributed by atoms with Crippen molar-refractivity contribution in [2.75, 3.05) is 6.61 Å². The van der Waals surface area contributed by atoms with E-state index in [4.69, 9.17) is 10.8 Å². The number of carbonyl (C=O) groups is 1. The van der Waals surface area contributed by atoms with Gasteiger partial charge in [-0.2, -0.15) is 13.2 Å². The van der Waals surface area contributed by atoms with Crippen molar-refractivity contribution in [1.29, 1.82) is 0 Å². The first-order valence-corrected chi connectivity index (χ1v) is 6.85. The van der Waals surface area contributed by atoms with Gasteiger partial charge in [0.05, 0.1) is 6.04 Å². The first kappa shape index (κ1) is 17.7. The van der Waals surface area contributed by atoms with E-state index in [2.05, 4.69) is 14.7 Å². The van der Waals surface area contributed by atoms with Gasteiger partial charge in [-0.15, -0.1) is 0 Å². The molecule has 1 aromatic heterocycles. The predicted octanol–water partition coefficient (Wildman–Crippen LogP) is 1.68. The zero-order valence-corrected chi connectivity index (χ0v) is 12.6. The number of hydrogen-bond acceptors (Lipinski definition) is 6. The quantitative estimate of drug-likeness (QED) is 0.843. The maximum Gasteiger partial charge on any atom is 0.422 e. The van der Waals surface area contributed by atoms with Crippen molar-refractivity contribution in [3.8, 4) is 5.88 Å². The van der Waals surface area contributed by atoms with Gasteiger partial charge in [-0.3, -0.25) is 5.73 Å². The van der Waals surface area contributed by atoms with Crippen molar-refractivity contribution < 1.29 is 27.8 Å². The molecular weight excluding hydrogens is 329 g/mol. The molecule has 1 aliphatic rings. The number of nitrogens with two attached hydrogens (primary N) is 1. The number of aliphatic carboxylic acids is 1. The molecule has 24 heavy (non-hydrogen) atoms. The number of nitrogens with zero attached hydrogens (tertiary/aromatic N) is 3. The Morgan fingerprint density at radius 2 is 2.21 bits per heavy atom. The van der Waals surface area contributed by atoms with E-state index in [1.165, 1.54) is 24.5 Å². The zero-order chi connectivity index (χ0) is 17.9. The number of rotatable bonds is 5. The molecule has 0 amide bonds. The number of aromatic nitrogens is 1. The lowest BCUT2D eigenvalue weighted by Crippen LogP contribution is -2.42. The van der Waals surface area contributed by atoms with Crippen LogP contribution in [0.25, 0.3) is 0 Å². The fourth-order valence-corrected chi connectivity index (χ4v) is 2.03. The molecular formula is C14H15F3N4O3. The maximum absolute atomic E-state index is 12.1. The largest absolute Gasteiger partial charge is 0.477 e. The van der Waals surface area contributed by atoms with Gasteiger partial charge in [-0.1, -0.05) is 6.07 Å². The molecule has 10 heteroatoms. The molecule has 0 spiro atoms. The summed E-state index contributed by atoms with van der Waals surface area (Å²) in [5, 5.41) is 8.88. The molecule has 0 bridgehead atoms. The van der Waals surface area contributed by atoms with Crippen molar-refractivity contribution in [3.05, 3.63) is 36.2 Å². The van der Waals surface area contributed by atoms with Gasteiger partial charge in [0.1, 0.15) is 5.71 Å². The molecule has 2 atom stereocenters. The minimum atomic E-state index is -4.43. The number of carboxylic acid groups (broad SMARTS) is 1. The number of aliphatic imine (C=N–C) groups is 1. The highest BCUT2D eigenvalue weighted by atomic mass is 19.4.